The Labute approximate surface area is 140 Å². The molecule has 1 fully saturated rings. The molecule has 1 aliphatic rings. The van der Waals surface area contributed by atoms with Gasteiger partial charge in [0.05, 0.1) is 5.56 Å². The Kier molecular flexibility index (Phi) is 6.10. The summed E-state index contributed by atoms with van der Waals surface area (Å²) in [5.41, 5.74) is -0.235. The molecule has 0 saturated carbocycles. The van der Waals surface area contributed by atoms with Crippen molar-refractivity contribution in [3.8, 4) is 0 Å². The Bertz CT molecular complexity index is 562. The van der Waals surface area contributed by atoms with Gasteiger partial charge in [-0.25, -0.2) is 4.79 Å². The van der Waals surface area contributed by atoms with Crippen molar-refractivity contribution in [2.45, 2.75) is 38.5 Å². The van der Waals surface area contributed by atoms with Crippen LogP contribution in [0.3, 0.4) is 0 Å². The summed E-state index contributed by atoms with van der Waals surface area (Å²) >= 11 is 0. The number of hydrogen-bond acceptors (Lipinski definition) is 2. The van der Waals surface area contributed by atoms with Gasteiger partial charge in [0.1, 0.15) is 0 Å². The highest BCUT2D eigenvalue weighted by Gasteiger charge is 2.30. The Morgan fingerprint density at radius 1 is 1.42 bits per heavy atom. The molecule has 1 atom stereocenters. The largest absolute Gasteiger partial charge is 0.416 e. The van der Waals surface area contributed by atoms with Gasteiger partial charge in [0.2, 0.25) is 0 Å². The van der Waals surface area contributed by atoms with E-state index >= 15 is 0 Å². The predicted octanol–water partition coefficient (Wildman–Crippen LogP) is 3.33. The summed E-state index contributed by atoms with van der Waals surface area (Å²) in [6.07, 6.45) is -2.40. The van der Waals surface area contributed by atoms with Gasteiger partial charge in [0.15, 0.2) is 0 Å². The number of nitrogens with zero attached hydrogens (tertiary/aromatic N) is 2. The number of hydrogen-bond donors (Lipinski definition) is 1. The first-order chi connectivity index (χ1) is 11.3. The van der Waals surface area contributed by atoms with Crippen molar-refractivity contribution in [2.75, 3.05) is 26.7 Å². The minimum atomic E-state index is -4.37. The standard InChI is InChI=1S/C17H24F3N3O/c1-3-23-9-5-8-15(12-23)21-16(24)22(2)11-13-6-4-7-14(10-13)17(18,19)20/h4,6-7,10,15H,3,5,8-9,11-12H2,1-2H3,(H,21,24)/t15-/m0/s1. The third-order valence-electron chi connectivity index (χ3n) is 4.30. The molecule has 1 N–H and O–H groups in total. The van der Waals surface area contributed by atoms with Crippen LogP contribution in [0.4, 0.5) is 18.0 Å². The molecule has 0 aromatic heterocycles. The van der Waals surface area contributed by atoms with Gasteiger partial charge >= 0.3 is 12.2 Å². The van der Waals surface area contributed by atoms with E-state index in [1.165, 1.54) is 11.0 Å². The number of alkyl halides is 3. The van der Waals surface area contributed by atoms with E-state index in [4.69, 9.17) is 0 Å². The third kappa shape index (κ3) is 5.12. The summed E-state index contributed by atoms with van der Waals surface area (Å²) < 4.78 is 38.2. The van der Waals surface area contributed by atoms with Crippen LogP contribution in [0.2, 0.25) is 0 Å². The van der Waals surface area contributed by atoms with E-state index in [1.54, 1.807) is 13.1 Å². The fourth-order valence-electron chi connectivity index (χ4n) is 2.94. The molecule has 0 aliphatic carbocycles. The Balaban J connectivity index is 1.92. The molecular formula is C17H24F3N3O. The number of rotatable bonds is 4. The predicted molar refractivity (Wildman–Crippen MR) is 86.6 cm³/mol. The lowest BCUT2D eigenvalue weighted by molar-refractivity contribution is -0.137. The summed E-state index contributed by atoms with van der Waals surface area (Å²) in [5.74, 6) is 0. The maximum absolute atomic E-state index is 12.7. The lowest BCUT2D eigenvalue weighted by Crippen LogP contribution is -2.50. The molecule has 0 unspecified atom stereocenters. The Hall–Kier alpha value is -1.76. The number of benzene rings is 1. The number of amides is 2. The van der Waals surface area contributed by atoms with Gasteiger partial charge in [0, 0.05) is 26.2 Å². The quantitative estimate of drug-likeness (QED) is 0.910. The number of nitrogens with one attached hydrogen (secondary N) is 1. The summed E-state index contributed by atoms with van der Waals surface area (Å²) in [4.78, 5) is 16.0. The average Bonchev–Trinajstić information content (AvgIpc) is 2.54. The zero-order chi connectivity index (χ0) is 17.7. The third-order valence-corrected chi connectivity index (χ3v) is 4.30. The van der Waals surface area contributed by atoms with Gasteiger partial charge in [0.25, 0.3) is 0 Å². The fraction of sp³-hybridized carbons (Fsp3) is 0.588. The number of carbonyl (C=O) groups excluding carboxylic acids is 1. The van der Waals surface area contributed by atoms with Gasteiger partial charge in [-0.3, -0.25) is 0 Å². The number of urea groups is 1. The Morgan fingerprint density at radius 3 is 2.83 bits per heavy atom. The first-order valence-electron chi connectivity index (χ1n) is 8.19. The van der Waals surface area contributed by atoms with Crippen LogP contribution in [-0.2, 0) is 12.7 Å². The molecule has 0 spiro atoms. The van der Waals surface area contributed by atoms with Crippen molar-refractivity contribution in [1.29, 1.82) is 0 Å². The molecule has 2 rings (SSSR count). The number of likely N-dealkylation sites (N-methyl/N-ethyl adjacent to an activating group) is 1. The number of piperidine rings is 1. The normalized spacial score (nSPS) is 19.1. The summed E-state index contributed by atoms with van der Waals surface area (Å²) in [7, 11) is 1.59. The van der Waals surface area contributed by atoms with Gasteiger partial charge in [-0.1, -0.05) is 19.1 Å². The van der Waals surface area contributed by atoms with Gasteiger partial charge in [-0.05, 0) is 43.6 Å². The minimum Gasteiger partial charge on any atom is -0.334 e. The highest BCUT2D eigenvalue weighted by Crippen LogP contribution is 2.29. The van der Waals surface area contributed by atoms with Crippen molar-refractivity contribution in [2.24, 2.45) is 0 Å². The topological polar surface area (TPSA) is 35.6 Å². The van der Waals surface area contributed by atoms with E-state index in [9.17, 15) is 18.0 Å². The van der Waals surface area contributed by atoms with Crippen LogP contribution in [0.25, 0.3) is 0 Å². The van der Waals surface area contributed by atoms with Crippen LogP contribution < -0.4 is 5.32 Å². The summed E-state index contributed by atoms with van der Waals surface area (Å²) in [6, 6.07) is 4.92. The first-order valence-corrected chi connectivity index (χ1v) is 8.19. The maximum Gasteiger partial charge on any atom is 0.416 e. The molecule has 4 nitrogen and oxygen atoms in total. The second-order valence-electron chi connectivity index (χ2n) is 6.24. The van der Waals surface area contributed by atoms with E-state index in [0.29, 0.717) is 5.56 Å². The van der Waals surface area contributed by atoms with E-state index in [-0.39, 0.29) is 18.6 Å². The van der Waals surface area contributed by atoms with Gasteiger partial charge < -0.3 is 15.1 Å². The lowest BCUT2D eigenvalue weighted by atomic mass is 10.1. The highest BCUT2D eigenvalue weighted by molar-refractivity contribution is 5.74. The maximum atomic E-state index is 12.7. The lowest BCUT2D eigenvalue weighted by Gasteiger charge is -2.33. The number of halogens is 3. The van der Waals surface area contributed by atoms with Crippen LogP contribution in [-0.4, -0.2) is 48.6 Å². The van der Waals surface area contributed by atoms with E-state index in [1.807, 2.05) is 0 Å². The number of likely N-dealkylation sites (tertiary alicyclic amines) is 1. The van der Waals surface area contributed by atoms with Gasteiger partial charge in [-0.15, -0.1) is 0 Å². The molecule has 1 aromatic carbocycles. The van der Waals surface area contributed by atoms with Gasteiger partial charge in [-0.2, -0.15) is 13.2 Å². The van der Waals surface area contributed by atoms with Crippen molar-refractivity contribution in [3.63, 3.8) is 0 Å². The molecular weight excluding hydrogens is 319 g/mol. The van der Waals surface area contributed by atoms with Crippen LogP contribution in [0, 0.1) is 0 Å². The summed E-state index contributed by atoms with van der Waals surface area (Å²) in [5, 5.41) is 2.97. The fourth-order valence-corrected chi connectivity index (χ4v) is 2.94. The molecule has 1 aromatic rings. The van der Waals surface area contributed by atoms with Crippen LogP contribution in [0.5, 0.6) is 0 Å². The molecule has 1 aliphatic heterocycles. The van der Waals surface area contributed by atoms with E-state index < -0.39 is 11.7 Å². The molecule has 134 valence electrons. The molecule has 24 heavy (non-hydrogen) atoms. The van der Waals surface area contributed by atoms with Crippen molar-refractivity contribution in [3.05, 3.63) is 35.4 Å². The molecule has 0 radical (unpaired) electrons. The SMILES string of the molecule is CCN1CCC[C@H](NC(=O)N(C)Cc2cccc(C(F)(F)F)c2)C1. The molecule has 7 heteroatoms. The monoisotopic (exact) mass is 343 g/mol. The summed E-state index contributed by atoms with van der Waals surface area (Å²) in [6.45, 7) is 5.04. The first kappa shape index (κ1) is 18.6. The van der Waals surface area contributed by atoms with Crippen LogP contribution in [0.1, 0.15) is 30.9 Å². The molecule has 1 saturated heterocycles. The highest BCUT2D eigenvalue weighted by atomic mass is 19.4. The second kappa shape index (κ2) is 7.88. The molecule has 0 bridgehead atoms. The van der Waals surface area contributed by atoms with E-state index in [0.717, 1.165) is 44.6 Å². The zero-order valence-electron chi connectivity index (χ0n) is 14.1. The minimum absolute atomic E-state index is 0.0927. The zero-order valence-corrected chi connectivity index (χ0v) is 14.1. The second-order valence-corrected chi connectivity index (χ2v) is 6.24. The smallest absolute Gasteiger partial charge is 0.334 e. The van der Waals surface area contributed by atoms with Crippen molar-refractivity contribution >= 4 is 6.03 Å². The van der Waals surface area contributed by atoms with Crippen molar-refractivity contribution < 1.29 is 18.0 Å². The Morgan fingerprint density at radius 2 is 2.17 bits per heavy atom. The van der Waals surface area contributed by atoms with E-state index in [2.05, 4.69) is 17.1 Å². The number of carbonyl (C=O) groups is 1. The molecule has 1 heterocycles. The van der Waals surface area contributed by atoms with Crippen LogP contribution in [0.15, 0.2) is 24.3 Å². The average molecular weight is 343 g/mol. The van der Waals surface area contributed by atoms with Crippen molar-refractivity contribution in [1.82, 2.24) is 15.1 Å². The molecule has 2 amide bonds. The van der Waals surface area contributed by atoms with Crippen LogP contribution >= 0.6 is 0 Å².